The zero-order chi connectivity index (χ0) is 28.5. The van der Waals surface area contributed by atoms with Gasteiger partial charge in [0.25, 0.3) is 0 Å². The summed E-state index contributed by atoms with van der Waals surface area (Å²) in [6.45, 7) is 7.29. The number of aromatic nitrogens is 3. The number of anilines is 3. The topological polar surface area (TPSA) is 149 Å². The Bertz CT molecular complexity index is 1400. The van der Waals surface area contributed by atoms with Gasteiger partial charge in [-0.1, -0.05) is 0 Å². The lowest BCUT2D eigenvalue weighted by Crippen LogP contribution is -2.60. The molecule has 5 aliphatic heterocycles. The Morgan fingerprint density at radius 3 is 2.74 bits per heavy atom. The SMILES string of the molecule is N#Cc1c(N)sc2c1C1(CN(c3nc(OCC4(CN5CCOCC5)CC4)nc(N4C[C@@H]5CC[C@@H](N5)C4CO)n3)C1)SC2. The van der Waals surface area contributed by atoms with E-state index in [1.807, 2.05) is 11.8 Å². The van der Waals surface area contributed by atoms with Crippen LogP contribution in [0.5, 0.6) is 6.01 Å². The highest BCUT2D eigenvalue weighted by molar-refractivity contribution is 8.00. The number of thiophene rings is 1. The van der Waals surface area contributed by atoms with Gasteiger partial charge in [0.15, 0.2) is 0 Å². The Morgan fingerprint density at radius 1 is 1.17 bits per heavy atom. The number of aliphatic hydroxyl groups excluding tert-OH is 1. The van der Waals surface area contributed by atoms with Crippen LogP contribution in [0.4, 0.5) is 16.9 Å². The minimum absolute atomic E-state index is 0.0347. The van der Waals surface area contributed by atoms with Gasteiger partial charge in [-0.3, -0.25) is 4.90 Å². The van der Waals surface area contributed by atoms with Gasteiger partial charge in [0.1, 0.15) is 11.1 Å². The van der Waals surface area contributed by atoms with Crippen LogP contribution in [0.3, 0.4) is 0 Å². The van der Waals surface area contributed by atoms with Crippen LogP contribution >= 0.6 is 23.1 Å². The third-order valence-corrected chi connectivity index (χ3v) is 12.6. The largest absolute Gasteiger partial charge is 0.463 e. The number of hydrogen-bond donors (Lipinski definition) is 3. The van der Waals surface area contributed by atoms with Crippen molar-refractivity contribution in [1.29, 1.82) is 5.26 Å². The summed E-state index contributed by atoms with van der Waals surface area (Å²) in [5.41, 5.74) is 8.08. The minimum Gasteiger partial charge on any atom is -0.463 e. The van der Waals surface area contributed by atoms with Crippen LogP contribution in [0.2, 0.25) is 0 Å². The lowest BCUT2D eigenvalue weighted by molar-refractivity contribution is 0.0231. The van der Waals surface area contributed by atoms with Crippen LogP contribution in [-0.4, -0.2) is 109 Å². The predicted octanol–water partition coefficient (Wildman–Crippen LogP) is 1.14. The summed E-state index contributed by atoms with van der Waals surface area (Å²) >= 11 is 3.43. The molecular formula is C28H37N9O3S2. The van der Waals surface area contributed by atoms with Gasteiger partial charge in [-0.2, -0.15) is 20.2 Å². The molecule has 4 saturated heterocycles. The van der Waals surface area contributed by atoms with E-state index in [0.29, 0.717) is 54.2 Å². The summed E-state index contributed by atoms with van der Waals surface area (Å²) in [5, 5.41) is 24.4. The van der Waals surface area contributed by atoms with E-state index in [2.05, 4.69) is 26.1 Å². The number of nitrogen functional groups attached to an aromatic ring is 1. The van der Waals surface area contributed by atoms with Gasteiger partial charge in [-0.15, -0.1) is 23.1 Å². The average Bonchev–Trinajstić information content (AvgIpc) is 3.31. The highest BCUT2D eigenvalue weighted by Crippen LogP contribution is 2.57. The van der Waals surface area contributed by atoms with E-state index in [9.17, 15) is 10.4 Å². The van der Waals surface area contributed by atoms with Crippen molar-refractivity contribution >= 4 is 40.0 Å². The summed E-state index contributed by atoms with van der Waals surface area (Å²) < 4.78 is 11.8. The first kappa shape index (κ1) is 27.2. The zero-order valence-corrected chi connectivity index (χ0v) is 25.3. The van der Waals surface area contributed by atoms with Gasteiger partial charge >= 0.3 is 6.01 Å². The van der Waals surface area contributed by atoms with E-state index < -0.39 is 0 Å². The first-order chi connectivity index (χ1) is 20.5. The molecule has 6 aliphatic rings. The monoisotopic (exact) mass is 611 g/mol. The third-order valence-electron chi connectivity index (χ3n) is 9.95. The maximum absolute atomic E-state index is 10.4. The van der Waals surface area contributed by atoms with Crippen LogP contribution < -0.4 is 25.6 Å². The molecule has 4 N–H and O–H groups in total. The number of thioether (sulfide) groups is 1. The molecule has 1 unspecified atom stereocenters. The van der Waals surface area contributed by atoms with E-state index in [4.69, 9.17) is 30.2 Å². The van der Waals surface area contributed by atoms with E-state index in [-0.39, 0.29) is 28.9 Å². The van der Waals surface area contributed by atoms with E-state index in [0.717, 1.165) is 76.4 Å². The molecule has 224 valence electrons. The number of nitrogens with one attached hydrogen (secondary N) is 1. The molecule has 14 heteroatoms. The molecule has 1 saturated carbocycles. The molecule has 2 aromatic heterocycles. The number of rotatable bonds is 8. The molecule has 0 amide bonds. The van der Waals surface area contributed by atoms with E-state index in [1.165, 1.54) is 4.88 Å². The van der Waals surface area contributed by atoms with E-state index in [1.54, 1.807) is 11.3 Å². The van der Waals surface area contributed by atoms with Gasteiger partial charge in [-0.25, -0.2) is 0 Å². The number of ether oxygens (including phenoxy) is 2. The van der Waals surface area contributed by atoms with Gasteiger partial charge in [0, 0.05) is 73.0 Å². The molecule has 0 aromatic carbocycles. The van der Waals surface area contributed by atoms with Gasteiger partial charge < -0.3 is 35.4 Å². The second-order valence-electron chi connectivity index (χ2n) is 12.7. The molecule has 0 radical (unpaired) electrons. The summed E-state index contributed by atoms with van der Waals surface area (Å²) in [5.74, 6) is 2.05. The molecule has 2 aromatic rings. The van der Waals surface area contributed by atoms with Crippen LogP contribution in [0.15, 0.2) is 0 Å². The smallest absolute Gasteiger partial charge is 0.323 e. The number of nitrogens with two attached hydrogens (primary N) is 1. The van der Waals surface area contributed by atoms with Crippen LogP contribution in [0.25, 0.3) is 0 Å². The Hall–Kier alpha value is -2.41. The second-order valence-corrected chi connectivity index (χ2v) is 15.2. The van der Waals surface area contributed by atoms with Gasteiger partial charge in [0.2, 0.25) is 11.9 Å². The molecule has 7 heterocycles. The van der Waals surface area contributed by atoms with Crippen molar-refractivity contribution in [3.8, 4) is 12.1 Å². The molecule has 2 bridgehead atoms. The van der Waals surface area contributed by atoms with E-state index >= 15 is 0 Å². The summed E-state index contributed by atoms with van der Waals surface area (Å²) in [7, 11) is 0. The fourth-order valence-corrected chi connectivity index (χ4v) is 10.2. The summed E-state index contributed by atoms with van der Waals surface area (Å²) in [6.07, 6.45) is 4.41. The lowest BCUT2D eigenvalue weighted by atomic mass is 9.88. The molecule has 3 atom stereocenters. The number of nitrogens with zero attached hydrogens (tertiary/aromatic N) is 7. The molecule has 12 nitrogen and oxygen atoms in total. The number of hydrogen-bond acceptors (Lipinski definition) is 14. The van der Waals surface area contributed by atoms with Crippen molar-refractivity contribution < 1.29 is 14.6 Å². The first-order valence-electron chi connectivity index (χ1n) is 15.0. The maximum Gasteiger partial charge on any atom is 0.323 e. The molecule has 8 rings (SSSR count). The zero-order valence-electron chi connectivity index (χ0n) is 23.6. The first-order valence-corrected chi connectivity index (χ1v) is 16.8. The molecular weight excluding hydrogens is 575 g/mol. The lowest BCUT2D eigenvalue weighted by Gasteiger charge is -2.48. The Labute approximate surface area is 253 Å². The number of morpholine rings is 1. The second kappa shape index (κ2) is 10.3. The Balaban J connectivity index is 1.06. The van der Waals surface area contributed by atoms with Crippen molar-refractivity contribution in [3.63, 3.8) is 0 Å². The third kappa shape index (κ3) is 4.60. The number of fused-ring (bicyclic) bond motifs is 4. The van der Waals surface area contributed by atoms with Crippen LogP contribution in [0.1, 0.15) is 41.7 Å². The maximum atomic E-state index is 10.4. The number of piperazine rings is 1. The van der Waals surface area contributed by atoms with Crippen molar-refractivity contribution in [1.82, 2.24) is 25.2 Å². The molecule has 1 spiro atoms. The minimum atomic E-state index is -0.166. The highest BCUT2D eigenvalue weighted by atomic mass is 32.2. The van der Waals surface area contributed by atoms with Crippen molar-refractivity contribution in [2.75, 3.05) is 81.2 Å². The normalized spacial score (nSPS) is 28.9. The Kier molecular flexibility index (Phi) is 6.69. The summed E-state index contributed by atoms with van der Waals surface area (Å²) in [6, 6.07) is 3.19. The van der Waals surface area contributed by atoms with Crippen LogP contribution in [0, 0.1) is 16.7 Å². The quantitative estimate of drug-likeness (QED) is 0.392. The van der Waals surface area contributed by atoms with Gasteiger partial charge in [0.05, 0.1) is 42.8 Å². The van der Waals surface area contributed by atoms with Crippen molar-refractivity contribution in [2.24, 2.45) is 5.41 Å². The number of nitriles is 1. The Morgan fingerprint density at radius 2 is 1.98 bits per heavy atom. The molecule has 42 heavy (non-hydrogen) atoms. The standard InChI is InChI=1S/C28H37N9O3S2/c29-9-18-22-21(42-23(18)30)12-41-28(22)14-36(15-28)24-32-25(37-10-17-1-2-19(31-17)20(37)11-38)34-26(33-24)40-16-27(3-4-27)13-35-5-7-39-8-6-35/h17,19-20,31,38H,1-8,10-16,30H2/t17-,19+,20?/m0/s1. The molecule has 5 fully saturated rings. The summed E-state index contributed by atoms with van der Waals surface area (Å²) in [4.78, 5) is 22.7. The van der Waals surface area contributed by atoms with Gasteiger partial charge in [-0.05, 0) is 25.7 Å². The predicted molar refractivity (Wildman–Crippen MR) is 161 cm³/mol. The fraction of sp³-hybridized carbons (Fsp3) is 0.714. The number of aliphatic hydroxyl groups is 1. The van der Waals surface area contributed by atoms with Crippen molar-refractivity contribution in [3.05, 3.63) is 16.0 Å². The average molecular weight is 612 g/mol. The highest BCUT2D eigenvalue weighted by Gasteiger charge is 2.53. The molecule has 1 aliphatic carbocycles. The van der Waals surface area contributed by atoms with Crippen LogP contribution in [-0.2, 0) is 15.2 Å². The van der Waals surface area contributed by atoms with Crippen molar-refractivity contribution in [2.45, 2.75) is 54.3 Å². The fourth-order valence-electron chi connectivity index (χ4n) is 7.42.